The number of benzene rings is 1. The molecule has 0 aromatic heterocycles. The van der Waals surface area contributed by atoms with Crippen molar-refractivity contribution in [3.63, 3.8) is 0 Å². The molecule has 0 unspecified atom stereocenters. The van der Waals surface area contributed by atoms with Gasteiger partial charge in [-0.3, -0.25) is 4.79 Å². The lowest BCUT2D eigenvalue weighted by Gasteiger charge is -2.29. The molecule has 0 bridgehead atoms. The zero-order valence-corrected chi connectivity index (χ0v) is 12.3. The number of aliphatic hydroxyl groups excluding tert-OH is 3. The van der Waals surface area contributed by atoms with E-state index in [1.807, 2.05) is 0 Å². The summed E-state index contributed by atoms with van der Waals surface area (Å²) in [5, 5.41) is 48.2. The van der Waals surface area contributed by atoms with Crippen LogP contribution in [0.15, 0.2) is 18.2 Å². The van der Waals surface area contributed by atoms with Crippen molar-refractivity contribution >= 4 is 11.9 Å². The van der Waals surface area contributed by atoms with Crippen LogP contribution in [0.25, 0.3) is 0 Å². The number of hydrogen-bond donors (Lipinski definition) is 5. The molecule has 2 fully saturated rings. The maximum atomic E-state index is 12.4. The fraction of sp³-hybridized carbons (Fsp3) is 0.467. The number of phenolic OH excluding ortho intramolecular Hbond substituents is 2. The summed E-state index contributed by atoms with van der Waals surface area (Å²) in [5.41, 5.74) is -1.81. The smallest absolute Gasteiger partial charge is 0.354 e. The number of phenols is 2. The SMILES string of the molecule is O=C1C[C@H](c2ccc(O)c(O)c2)[C@@]2(O1)C(=O)O[C@H]([C@@H](O)CO)[C@H]2O. The molecular weight excluding hydrogens is 324 g/mol. The molecule has 2 heterocycles. The van der Waals surface area contributed by atoms with Gasteiger partial charge >= 0.3 is 11.9 Å². The summed E-state index contributed by atoms with van der Waals surface area (Å²) in [6, 6.07) is 3.70. The van der Waals surface area contributed by atoms with Crippen molar-refractivity contribution in [2.45, 2.75) is 36.3 Å². The van der Waals surface area contributed by atoms with Crippen LogP contribution in [0, 0.1) is 0 Å². The lowest BCUT2D eigenvalue weighted by molar-refractivity contribution is -0.169. The quantitative estimate of drug-likeness (QED) is 0.327. The summed E-state index contributed by atoms with van der Waals surface area (Å²) in [7, 11) is 0. The maximum absolute atomic E-state index is 12.4. The Morgan fingerprint density at radius 1 is 1.25 bits per heavy atom. The first kappa shape index (κ1) is 16.5. The third kappa shape index (κ3) is 2.20. The molecule has 9 heteroatoms. The minimum atomic E-state index is -2.08. The van der Waals surface area contributed by atoms with E-state index in [2.05, 4.69) is 0 Å². The Morgan fingerprint density at radius 3 is 2.58 bits per heavy atom. The maximum Gasteiger partial charge on any atom is 0.354 e. The number of carbonyl (C=O) groups is 2. The molecule has 24 heavy (non-hydrogen) atoms. The Kier molecular flexibility index (Phi) is 3.86. The van der Waals surface area contributed by atoms with Gasteiger partial charge in [0.2, 0.25) is 5.60 Å². The molecule has 2 aliphatic heterocycles. The van der Waals surface area contributed by atoms with E-state index < -0.39 is 54.1 Å². The van der Waals surface area contributed by atoms with Gasteiger partial charge in [0, 0.05) is 5.92 Å². The minimum Gasteiger partial charge on any atom is -0.504 e. The molecule has 1 aromatic carbocycles. The van der Waals surface area contributed by atoms with Crippen molar-refractivity contribution in [1.82, 2.24) is 0 Å². The summed E-state index contributed by atoms with van der Waals surface area (Å²) < 4.78 is 10.0. The summed E-state index contributed by atoms with van der Waals surface area (Å²) >= 11 is 0. The number of aliphatic hydroxyl groups is 3. The van der Waals surface area contributed by atoms with E-state index in [1.165, 1.54) is 12.1 Å². The molecule has 2 saturated heterocycles. The first-order valence-electron chi connectivity index (χ1n) is 7.23. The van der Waals surface area contributed by atoms with Gasteiger partial charge in [0.05, 0.1) is 13.0 Å². The van der Waals surface area contributed by atoms with E-state index >= 15 is 0 Å². The van der Waals surface area contributed by atoms with Crippen LogP contribution in [0.4, 0.5) is 0 Å². The fourth-order valence-electron chi connectivity index (χ4n) is 3.23. The normalized spacial score (nSPS) is 33.5. The van der Waals surface area contributed by atoms with Gasteiger partial charge in [-0.05, 0) is 17.7 Å². The molecule has 0 aliphatic carbocycles. The summed E-state index contributed by atoms with van der Waals surface area (Å²) in [6.45, 7) is -0.760. The van der Waals surface area contributed by atoms with Crippen LogP contribution in [-0.2, 0) is 19.1 Å². The number of rotatable bonds is 3. The highest BCUT2D eigenvalue weighted by atomic mass is 16.6. The Balaban J connectivity index is 2.05. The van der Waals surface area contributed by atoms with E-state index in [0.29, 0.717) is 0 Å². The Bertz CT molecular complexity index is 688. The Hall–Kier alpha value is -2.36. The summed E-state index contributed by atoms with van der Waals surface area (Å²) in [5.74, 6) is -3.65. The summed E-state index contributed by atoms with van der Waals surface area (Å²) in [4.78, 5) is 24.2. The third-order valence-electron chi connectivity index (χ3n) is 4.45. The monoisotopic (exact) mass is 340 g/mol. The first-order valence-corrected chi connectivity index (χ1v) is 7.23. The number of hydrogen-bond acceptors (Lipinski definition) is 9. The lowest BCUT2D eigenvalue weighted by atomic mass is 9.77. The van der Waals surface area contributed by atoms with Crippen LogP contribution in [0.3, 0.4) is 0 Å². The van der Waals surface area contributed by atoms with Gasteiger partial charge in [0.15, 0.2) is 17.6 Å². The topological polar surface area (TPSA) is 154 Å². The second-order valence-electron chi connectivity index (χ2n) is 5.84. The average molecular weight is 340 g/mol. The zero-order valence-electron chi connectivity index (χ0n) is 12.3. The third-order valence-corrected chi connectivity index (χ3v) is 4.45. The highest BCUT2D eigenvalue weighted by molar-refractivity contribution is 5.91. The first-order chi connectivity index (χ1) is 11.3. The Morgan fingerprint density at radius 2 is 1.96 bits per heavy atom. The van der Waals surface area contributed by atoms with Crippen molar-refractivity contribution in [2.75, 3.05) is 6.61 Å². The molecule has 1 aromatic rings. The van der Waals surface area contributed by atoms with E-state index in [4.69, 9.17) is 14.6 Å². The van der Waals surface area contributed by atoms with Gasteiger partial charge in [-0.1, -0.05) is 6.07 Å². The Labute approximate surface area is 135 Å². The van der Waals surface area contributed by atoms with E-state index in [-0.39, 0.29) is 17.7 Å². The van der Waals surface area contributed by atoms with Crippen LogP contribution in [0.5, 0.6) is 11.5 Å². The molecule has 1 spiro atoms. The lowest BCUT2D eigenvalue weighted by Crippen LogP contribution is -2.52. The van der Waals surface area contributed by atoms with Crippen LogP contribution < -0.4 is 0 Å². The number of cyclic esters (lactones) is 1. The van der Waals surface area contributed by atoms with Gasteiger partial charge in [0.25, 0.3) is 0 Å². The molecule has 130 valence electrons. The van der Waals surface area contributed by atoms with Crippen LogP contribution in [-0.4, -0.2) is 68.0 Å². The largest absolute Gasteiger partial charge is 0.504 e. The molecule has 0 radical (unpaired) electrons. The average Bonchev–Trinajstić information content (AvgIpc) is 3.02. The van der Waals surface area contributed by atoms with Gasteiger partial charge < -0.3 is 35.0 Å². The number of aromatic hydroxyl groups is 2. The van der Waals surface area contributed by atoms with Crippen LogP contribution in [0.2, 0.25) is 0 Å². The fourth-order valence-corrected chi connectivity index (χ4v) is 3.23. The van der Waals surface area contributed by atoms with Crippen molar-refractivity contribution in [3.05, 3.63) is 23.8 Å². The molecule has 2 aliphatic rings. The van der Waals surface area contributed by atoms with Gasteiger partial charge in [-0.25, -0.2) is 4.79 Å². The molecule has 9 nitrogen and oxygen atoms in total. The number of esters is 2. The van der Waals surface area contributed by atoms with Crippen LogP contribution >= 0.6 is 0 Å². The van der Waals surface area contributed by atoms with Crippen molar-refractivity contribution in [3.8, 4) is 11.5 Å². The van der Waals surface area contributed by atoms with Gasteiger partial charge in [-0.2, -0.15) is 0 Å². The molecule has 5 atom stereocenters. The van der Waals surface area contributed by atoms with Gasteiger partial charge in [-0.15, -0.1) is 0 Å². The van der Waals surface area contributed by atoms with E-state index in [0.717, 1.165) is 6.07 Å². The molecule has 5 N–H and O–H groups in total. The van der Waals surface area contributed by atoms with Crippen molar-refractivity contribution in [1.29, 1.82) is 0 Å². The van der Waals surface area contributed by atoms with Crippen molar-refractivity contribution in [2.24, 2.45) is 0 Å². The standard InChI is InChI=1S/C15H16O9/c16-5-10(19)12-13(21)15(14(22)23-12)7(4-11(20)24-15)6-1-2-8(17)9(18)3-6/h1-3,7,10,12-13,16-19,21H,4-5H2/t7-,10+,12-,13-,15+/m1/s1. The molecule has 0 saturated carbocycles. The summed E-state index contributed by atoms with van der Waals surface area (Å²) in [6.07, 6.45) is -4.98. The van der Waals surface area contributed by atoms with E-state index in [9.17, 15) is 30.0 Å². The molecule has 3 rings (SSSR count). The minimum absolute atomic E-state index is 0.266. The number of ether oxygens (including phenoxy) is 2. The molecule has 0 amide bonds. The zero-order chi connectivity index (χ0) is 17.6. The second-order valence-corrected chi connectivity index (χ2v) is 5.84. The molecular formula is C15H16O9. The van der Waals surface area contributed by atoms with E-state index in [1.54, 1.807) is 0 Å². The van der Waals surface area contributed by atoms with Crippen LogP contribution in [0.1, 0.15) is 17.9 Å². The predicted molar refractivity (Wildman–Crippen MR) is 74.9 cm³/mol. The second kappa shape index (κ2) is 5.62. The van der Waals surface area contributed by atoms with Crippen molar-refractivity contribution < 1.29 is 44.6 Å². The van der Waals surface area contributed by atoms with Gasteiger partial charge in [0.1, 0.15) is 12.2 Å². The predicted octanol–water partition coefficient (Wildman–Crippen LogP) is -1.49. The highest BCUT2D eigenvalue weighted by Gasteiger charge is 2.69. The number of carbonyl (C=O) groups excluding carboxylic acids is 2. The highest BCUT2D eigenvalue weighted by Crippen LogP contribution is 2.49.